The van der Waals surface area contributed by atoms with Crippen LogP contribution in [0.5, 0.6) is 0 Å². The van der Waals surface area contributed by atoms with E-state index in [0.717, 1.165) is 18.8 Å². The number of rotatable bonds is 13. The van der Waals surface area contributed by atoms with Crippen LogP contribution in [0.1, 0.15) is 92.4 Å². The summed E-state index contributed by atoms with van der Waals surface area (Å²) in [5, 5.41) is 8.93. The summed E-state index contributed by atoms with van der Waals surface area (Å²) in [6, 6.07) is 5.95. The summed E-state index contributed by atoms with van der Waals surface area (Å²) in [6.45, 7) is 4.94. The van der Waals surface area contributed by atoms with E-state index in [4.69, 9.17) is 9.84 Å². The molecule has 25 heavy (non-hydrogen) atoms. The lowest BCUT2D eigenvalue weighted by Crippen LogP contribution is -2.08. The number of unbranched alkanes of at least 4 members (excludes halogenated alkanes) is 7. The second-order valence-corrected chi connectivity index (χ2v) is 7.03. The SMILES string of the molecule is CC(C)CCCCCCCCCCOC(=O)c1cccc(C(=O)O)c1. The van der Waals surface area contributed by atoms with E-state index in [2.05, 4.69) is 13.8 Å². The summed E-state index contributed by atoms with van der Waals surface area (Å²) in [6.07, 6.45) is 11.0. The van der Waals surface area contributed by atoms with Gasteiger partial charge in [0.25, 0.3) is 0 Å². The quantitative estimate of drug-likeness (QED) is 0.366. The molecule has 1 aromatic rings. The summed E-state index contributed by atoms with van der Waals surface area (Å²) in [7, 11) is 0. The van der Waals surface area contributed by atoms with Gasteiger partial charge in [0.15, 0.2) is 0 Å². The van der Waals surface area contributed by atoms with E-state index in [9.17, 15) is 9.59 Å². The normalized spacial score (nSPS) is 10.8. The van der Waals surface area contributed by atoms with Crippen molar-refractivity contribution in [3.8, 4) is 0 Å². The van der Waals surface area contributed by atoms with Gasteiger partial charge in [-0.25, -0.2) is 9.59 Å². The standard InChI is InChI=1S/C21H32O4/c1-17(2)12-9-7-5-3-4-6-8-10-15-25-21(24)19-14-11-13-18(16-19)20(22)23/h11,13-14,16-17H,3-10,12,15H2,1-2H3,(H,22,23). The molecular formula is C21H32O4. The Morgan fingerprint density at radius 3 is 2.08 bits per heavy atom. The molecule has 0 bridgehead atoms. The molecule has 0 atom stereocenters. The van der Waals surface area contributed by atoms with Crippen LogP contribution in [0.4, 0.5) is 0 Å². The van der Waals surface area contributed by atoms with Crippen LogP contribution in [-0.4, -0.2) is 23.7 Å². The second-order valence-electron chi connectivity index (χ2n) is 7.03. The van der Waals surface area contributed by atoms with Crippen LogP contribution in [-0.2, 0) is 4.74 Å². The molecule has 1 N–H and O–H groups in total. The number of ether oxygens (including phenoxy) is 1. The Hall–Kier alpha value is -1.84. The molecule has 0 amide bonds. The third-order valence-electron chi connectivity index (χ3n) is 4.25. The van der Waals surface area contributed by atoms with Gasteiger partial charge >= 0.3 is 11.9 Å². The topological polar surface area (TPSA) is 63.6 Å². The predicted molar refractivity (Wildman–Crippen MR) is 100 cm³/mol. The number of benzene rings is 1. The molecule has 0 aliphatic heterocycles. The lowest BCUT2D eigenvalue weighted by atomic mass is 10.0. The summed E-state index contributed by atoms with van der Waals surface area (Å²) in [5.41, 5.74) is 0.393. The molecular weight excluding hydrogens is 316 g/mol. The summed E-state index contributed by atoms with van der Waals surface area (Å²) < 4.78 is 5.21. The summed E-state index contributed by atoms with van der Waals surface area (Å²) in [5.74, 6) is -0.679. The van der Waals surface area contributed by atoms with Gasteiger partial charge in [-0.15, -0.1) is 0 Å². The first-order valence-electron chi connectivity index (χ1n) is 9.51. The molecule has 4 heteroatoms. The maximum atomic E-state index is 11.9. The lowest BCUT2D eigenvalue weighted by molar-refractivity contribution is 0.0497. The summed E-state index contributed by atoms with van der Waals surface area (Å²) >= 11 is 0. The first kappa shape index (κ1) is 21.2. The molecule has 0 aliphatic carbocycles. The number of carbonyl (C=O) groups is 2. The Bertz CT molecular complexity index is 522. The van der Waals surface area contributed by atoms with E-state index in [-0.39, 0.29) is 5.56 Å². The van der Waals surface area contributed by atoms with E-state index in [1.165, 1.54) is 57.1 Å². The van der Waals surface area contributed by atoms with Gasteiger partial charge in [-0.2, -0.15) is 0 Å². The zero-order valence-corrected chi connectivity index (χ0v) is 15.6. The maximum absolute atomic E-state index is 11.9. The highest BCUT2D eigenvalue weighted by atomic mass is 16.5. The molecule has 0 saturated carbocycles. The van der Waals surface area contributed by atoms with E-state index >= 15 is 0 Å². The van der Waals surface area contributed by atoms with Crippen LogP contribution in [0.3, 0.4) is 0 Å². The number of carboxylic acid groups (broad SMARTS) is 1. The highest BCUT2D eigenvalue weighted by Crippen LogP contribution is 2.13. The number of hydrogen-bond donors (Lipinski definition) is 1. The van der Waals surface area contributed by atoms with Crippen molar-refractivity contribution >= 4 is 11.9 Å². The van der Waals surface area contributed by atoms with Crippen LogP contribution < -0.4 is 0 Å². The number of carboxylic acids is 1. The van der Waals surface area contributed by atoms with Gasteiger partial charge in [-0.1, -0.05) is 71.3 Å². The first-order chi connectivity index (χ1) is 12.0. The predicted octanol–water partition coefficient (Wildman–Crippen LogP) is 5.71. The Kier molecular flexibility index (Phi) is 10.6. The summed E-state index contributed by atoms with van der Waals surface area (Å²) in [4.78, 5) is 22.8. The third kappa shape index (κ3) is 9.90. The second kappa shape index (κ2) is 12.5. The smallest absolute Gasteiger partial charge is 0.338 e. The zero-order chi connectivity index (χ0) is 18.5. The van der Waals surface area contributed by atoms with Crippen molar-refractivity contribution in [2.45, 2.75) is 71.6 Å². The van der Waals surface area contributed by atoms with Crippen molar-refractivity contribution in [2.24, 2.45) is 5.92 Å². The lowest BCUT2D eigenvalue weighted by Gasteiger charge is -2.06. The van der Waals surface area contributed by atoms with Gasteiger partial charge in [-0.3, -0.25) is 0 Å². The zero-order valence-electron chi connectivity index (χ0n) is 15.6. The van der Waals surface area contributed by atoms with Crippen molar-refractivity contribution < 1.29 is 19.4 Å². The van der Waals surface area contributed by atoms with Crippen LogP contribution in [0.25, 0.3) is 0 Å². The van der Waals surface area contributed by atoms with Crippen LogP contribution in [0, 0.1) is 5.92 Å². The number of esters is 1. The van der Waals surface area contributed by atoms with Crippen molar-refractivity contribution in [3.05, 3.63) is 35.4 Å². The molecule has 0 spiro atoms. The largest absolute Gasteiger partial charge is 0.478 e. The minimum Gasteiger partial charge on any atom is -0.478 e. The highest BCUT2D eigenvalue weighted by molar-refractivity contribution is 5.94. The first-order valence-corrected chi connectivity index (χ1v) is 9.51. The Balaban J connectivity index is 2.03. The number of hydrogen-bond acceptors (Lipinski definition) is 3. The molecule has 1 aromatic carbocycles. The third-order valence-corrected chi connectivity index (χ3v) is 4.25. The monoisotopic (exact) mass is 348 g/mol. The molecule has 0 fully saturated rings. The molecule has 0 radical (unpaired) electrons. The van der Waals surface area contributed by atoms with Gasteiger partial charge in [0.05, 0.1) is 17.7 Å². The fourth-order valence-electron chi connectivity index (χ4n) is 2.74. The van der Waals surface area contributed by atoms with Crippen molar-refractivity contribution in [1.82, 2.24) is 0 Å². The molecule has 0 unspecified atom stereocenters. The minimum absolute atomic E-state index is 0.0999. The van der Waals surface area contributed by atoms with Crippen molar-refractivity contribution in [3.63, 3.8) is 0 Å². The van der Waals surface area contributed by atoms with Crippen molar-refractivity contribution in [1.29, 1.82) is 0 Å². The van der Waals surface area contributed by atoms with Gasteiger partial charge < -0.3 is 9.84 Å². The molecule has 0 heterocycles. The van der Waals surface area contributed by atoms with Crippen molar-refractivity contribution in [2.75, 3.05) is 6.61 Å². The number of carbonyl (C=O) groups excluding carboxylic acids is 1. The maximum Gasteiger partial charge on any atom is 0.338 e. The van der Waals surface area contributed by atoms with Crippen LogP contribution in [0.2, 0.25) is 0 Å². The van der Waals surface area contributed by atoms with Gasteiger partial charge in [0.1, 0.15) is 0 Å². The minimum atomic E-state index is -1.04. The molecule has 0 saturated heterocycles. The van der Waals surface area contributed by atoms with Gasteiger partial charge in [0.2, 0.25) is 0 Å². The van der Waals surface area contributed by atoms with Gasteiger partial charge in [0, 0.05) is 0 Å². The van der Waals surface area contributed by atoms with E-state index in [1.807, 2.05) is 0 Å². The molecule has 0 aromatic heterocycles. The Labute approximate surface area is 151 Å². The van der Waals surface area contributed by atoms with Gasteiger partial charge in [-0.05, 0) is 30.5 Å². The average molecular weight is 348 g/mol. The van der Waals surface area contributed by atoms with Crippen LogP contribution >= 0.6 is 0 Å². The van der Waals surface area contributed by atoms with E-state index < -0.39 is 11.9 Å². The molecule has 0 aliphatic rings. The average Bonchev–Trinajstić information content (AvgIpc) is 2.59. The fourth-order valence-corrected chi connectivity index (χ4v) is 2.74. The van der Waals surface area contributed by atoms with Crippen LogP contribution in [0.15, 0.2) is 24.3 Å². The fraction of sp³-hybridized carbons (Fsp3) is 0.619. The Morgan fingerprint density at radius 1 is 0.920 bits per heavy atom. The molecule has 4 nitrogen and oxygen atoms in total. The molecule has 140 valence electrons. The molecule has 1 rings (SSSR count). The van der Waals surface area contributed by atoms with E-state index in [1.54, 1.807) is 12.1 Å². The number of aromatic carboxylic acids is 1. The van der Waals surface area contributed by atoms with E-state index in [0.29, 0.717) is 12.2 Å². The Morgan fingerprint density at radius 2 is 1.48 bits per heavy atom. The highest BCUT2D eigenvalue weighted by Gasteiger charge is 2.10.